The van der Waals surface area contributed by atoms with Crippen molar-refractivity contribution >= 4 is 29.1 Å². The lowest BCUT2D eigenvalue weighted by Crippen LogP contribution is -2.32. The van der Waals surface area contributed by atoms with Crippen LogP contribution >= 0.6 is 11.6 Å². The number of anilines is 1. The lowest BCUT2D eigenvalue weighted by molar-refractivity contribution is -0.126. The van der Waals surface area contributed by atoms with Gasteiger partial charge < -0.3 is 10.2 Å². The normalized spacial score (nSPS) is 17.0. The minimum absolute atomic E-state index is 0.000318. The van der Waals surface area contributed by atoms with E-state index in [0.717, 1.165) is 22.4 Å². The van der Waals surface area contributed by atoms with E-state index in [1.54, 1.807) is 17.0 Å². The third kappa shape index (κ3) is 3.85. The Bertz CT molecular complexity index is 802. The first-order chi connectivity index (χ1) is 12.0. The molecule has 5 heteroatoms. The van der Waals surface area contributed by atoms with Gasteiger partial charge in [-0.2, -0.15) is 0 Å². The molecule has 0 unspecified atom stereocenters. The lowest BCUT2D eigenvalue weighted by Gasteiger charge is -2.20. The number of amides is 2. The van der Waals surface area contributed by atoms with Crippen LogP contribution in [0.3, 0.4) is 0 Å². The first kappa shape index (κ1) is 17.5. The number of hydrogen-bond donors (Lipinski definition) is 1. The fraction of sp³-hybridized carbons (Fsp3) is 0.300. The van der Waals surface area contributed by atoms with Crippen molar-refractivity contribution in [3.63, 3.8) is 0 Å². The van der Waals surface area contributed by atoms with Gasteiger partial charge in [0, 0.05) is 30.2 Å². The van der Waals surface area contributed by atoms with Crippen molar-refractivity contribution in [3.05, 3.63) is 64.2 Å². The van der Waals surface area contributed by atoms with E-state index in [4.69, 9.17) is 11.6 Å². The molecule has 4 nitrogen and oxygen atoms in total. The third-order valence-electron chi connectivity index (χ3n) is 4.74. The van der Waals surface area contributed by atoms with E-state index in [1.807, 2.05) is 44.2 Å². The van der Waals surface area contributed by atoms with Crippen LogP contribution in [0, 0.1) is 19.8 Å². The third-order valence-corrected chi connectivity index (χ3v) is 4.99. The Morgan fingerprint density at radius 3 is 2.64 bits per heavy atom. The molecule has 1 heterocycles. The van der Waals surface area contributed by atoms with Gasteiger partial charge in [-0.25, -0.2) is 0 Å². The molecule has 2 aromatic carbocycles. The van der Waals surface area contributed by atoms with Crippen molar-refractivity contribution in [2.45, 2.75) is 26.8 Å². The second kappa shape index (κ2) is 7.28. The molecule has 1 N–H and O–H groups in total. The summed E-state index contributed by atoms with van der Waals surface area (Å²) in [6.07, 6.45) is 0.250. The summed E-state index contributed by atoms with van der Waals surface area (Å²) >= 11 is 5.86. The van der Waals surface area contributed by atoms with E-state index >= 15 is 0 Å². The molecule has 0 spiro atoms. The standard InChI is InChI=1S/C20H21ClN2O2/c1-13-4-3-5-18(14(13)2)23-12-16(10-19(23)24)20(25)22-11-15-6-8-17(21)9-7-15/h3-9,16H,10-12H2,1-2H3,(H,22,25)/t16-/m0/s1. The molecule has 3 rings (SSSR count). The first-order valence-corrected chi connectivity index (χ1v) is 8.72. The van der Waals surface area contributed by atoms with Crippen LogP contribution in [0.1, 0.15) is 23.1 Å². The molecular weight excluding hydrogens is 336 g/mol. The number of nitrogens with zero attached hydrogens (tertiary/aromatic N) is 1. The van der Waals surface area contributed by atoms with Crippen LogP contribution in [0.4, 0.5) is 5.69 Å². The van der Waals surface area contributed by atoms with Gasteiger partial charge in [-0.05, 0) is 48.7 Å². The van der Waals surface area contributed by atoms with Gasteiger partial charge in [0.25, 0.3) is 0 Å². The van der Waals surface area contributed by atoms with E-state index in [2.05, 4.69) is 5.32 Å². The zero-order chi connectivity index (χ0) is 18.0. The smallest absolute Gasteiger partial charge is 0.227 e. The van der Waals surface area contributed by atoms with E-state index in [1.165, 1.54) is 0 Å². The SMILES string of the molecule is Cc1cccc(N2C[C@@H](C(=O)NCc3ccc(Cl)cc3)CC2=O)c1C. The molecule has 0 bridgehead atoms. The lowest BCUT2D eigenvalue weighted by atomic mass is 10.1. The van der Waals surface area contributed by atoms with Gasteiger partial charge in [0.1, 0.15) is 0 Å². The molecule has 25 heavy (non-hydrogen) atoms. The van der Waals surface area contributed by atoms with Gasteiger partial charge in [-0.15, -0.1) is 0 Å². The quantitative estimate of drug-likeness (QED) is 0.909. The van der Waals surface area contributed by atoms with Crippen LogP contribution in [0.2, 0.25) is 5.02 Å². The van der Waals surface area contributed by atoms with E-state index in [-0.39, 0.29) is 24.2 Å². The molecule has 0 aromatic heterocycles. The summed E-state index contributed by atoms with van der Waals surface area (Å²) in [5, 5.41) is 3.59. The van der Waals surface area contributed by atoms with Crippen LogP contribution in [0.15, 0.2) is 42.5 Å². The highest BCUT2D eigenvalue weighted by atomic mass is 35.5. The Kier molecular flexibility index (Phi) is 5.09. The summed E-state index contributed by atoms with van der Waals surface area (Å²) in [5.74, 6) is -0.406. The number of carbonyl (C=O) groups is 2. The zero-order valence-corrected chi connectivity index (χ0v) is 15.1. The highest BCUT2D eigenvalue weighted by Crippen LogP contribution is 2.29. The number of halogens is 1. The first-order valence-electron chi connectivity index (χ1n) is 8.34. The van der Waals surface area contributed by atoms with Crippen molar-refractivity contribution in [1.29, 1.82) is 0 Å². The van der Waals surface area contributed by atoms with Gasteiger partial charge in [-0.3, -0.25) is 9.59 Å². The van der Waals surface area contributed by atoms with Crippen LogP contribution in [-0.2, 0) is 16.1 Å². The van der Waals surface area contributed by atoms with Gasteiger partial charge >= 0.3 is 0 Å². The van der Waals surface area contributed by atoms with E-state index < -0.39 is 0 Å². The molecule has 0 radical (unpaired) electrons. The Morgan fingerprint density at radius 1 is 1.20 bits per heavy atom. The van der Waals surface area contributed by atoms with E-state index in [9.17, 15) is 9.59 Å². The summed E-state index contributed by atoms with van der Waals surface area (Å²) in [5.41, 5.74) is 4.10. The van der Waals surface area contributed by atoms with Gasteiger partial charge in [0.2, 0.25) is 11.8 Å². The van der Waals surface area contributed by atoms with Gasteiger partial charge in [0.15, 0.2) is 0 Å². The molecule has 2 aromatic rings. The summed E-state index contributed by atoms with van der Waals surface area (Å²) < 4.78 is 0. The molecule has 1 atom stereocenters. The van der Waals surface area contributed by atoms with Crippen LogP contribution in [0.5, 0.6) is 0 Å². The molecule has 2 amide bonds. The summed E-state index contributed by atoms with van der Waals surface area (Å²) in [6, 6.07) is 13.3. The predicted molar refractivity (Wildman–Crippen MR) is 99.7 cm³/mol. The Morgan fingerprint density at radius 2 is 1.92 bits per heavy atom. The average Bonchev–Trinajstić information content (AvgIpc) is 2.98. The number of rotatable bonds is 4. The Hall–Kier alpha value is -2.33. The minimum Gasteiger partial charge on any atom is -0.352 e. The second-order valence-corrected chi connectivity index (χ2v) is 6.91. The van der Waals surface area contributed by atoms with Crippen molar-refractivity contribution in [3.8, 4) is 0 Å². The topological polar surface area (TPSA) is 49.4 Å². The van der Waals surface area contributed by atoms with Crippen LogP contribution < -0.4 is 10.2 Å². The van der Waals surface area contributed by atoms with Gasteiger partial charge in [-0.1, -0.05) is 35.9 Å². The Balaban J connectivity index is 1.64. The zero-order valence-electron chi connectivity index (χ0n) is 14.4. The predicted octanol–water partition coefficient (Wildman–Crippen LogP) is 3.63. The molecule has 0 aliphatic carbocycles. The van der Waals surface area contributed by atoms with Crippen molar-refractivity contribution < 1.29 is 9.59 Å². The number of hydrogen-bond acceptors (Lipinski definition) is 2. The number of nitrogens with one attached hydrogen (secondary N) is 1. The largest absolute Gasteiger partial charge is 0.352 e. The number of benzene rings is 2. The Labute approximate surface area is 152 Å². The maximum atomic E-state index is 12.4. The van der Waals surface area contributed by atoms with Crippen LogP contribution in [-0.4, -0.2) is 18.4 Å². The fourth-order valence-electron chi connectivity index (χ4n) is 3.08. The maximum Gasteiger partial charge on any atom is 0.227 e. The molecule has 1 aliphatic rings. The summed E-state index contributed by atoms with van der Waals surface area (Å²) in [4.78, 5) is 26.6. The highest BCUT2D eigenvalue weighted by Gasteiger charge is 2.35. The highest BCUT2D eigenvalue weighted by molar-refractivity contribution is 6.30. The summed E-state index contributed by atoms with van der Waals surface area (Å²) in [6.45, 7) is 4.89. The van der Waals surface area contributed by atoms with E-state index in [0.29, 0.717) is 18.1 Å². The minimum atomic E-state index is -0.320. The number of aryl methyl sites for hydroxylation is 1. The van der Waals surface area contributed by atoms with Crippen LogP contribution in [0.25, 0.3) is 0 Å². The van der Waals surface area contributed by atoms with Crippen molar-refractivity contribution in [2.75, 3.05) is 11.4 Å². The number of carbonyl (C=O) groups excluding carboxylic acids is 2. The molecule has 1 aliphatic heterocycles. The summed E-state index contributed by atoms with van der Waals surface area (Å²) in [7, 11) is 0. The monoisotopic (exact) mass is 356 g/mol. The average molecular weight is 357 g/mol. The fourth-order valence-corrected chi connectivity index (χ4v) is 3.21. The molecule has 130 valence electrons. The van der Waals surface area contributed by atoms with Gasteiger partial charge in [0.05, 0.1) is 5.92 Å². The molecular formula is C20H21ClN2O2. The molecule has 1 fully saturated rings. The molecule has 0 saturated carbocycles. The molecule has 1 saturated heterocycles. The second-order valence-electron chi connectivity index (χ2n) is 6.47. The van der Waals surface area contributed by atoms with Crippen molar-refractivity contribution in [1.82, 2.24) is 5.32 Å². The maximum absolute atomic E-state index is 12.4. The van der Waals surface area contributed by atoms with Crippen molar-refractivity contribution in [2.24, 2.45) is 5.92 Å².